The van der Waals surface area contributed by atoms with Gasteiger partial charge in [-0.3, -0.25) is 14.9 Å². The Morgan fingerprint density at radius 2 is 1.81 bits per heavy atom. The van der Waals surface area contributed by atoms with Gasteiger partial charge in [0.2, 0.25) is 5.78 Å². The van der Waals surface area contributed by atoms with Gasteiger partial charge in [-0.05, 0) is 24.3 Å². The molecular formula is C17H14ClNO7. The Labute approximate surface area is 153 Å². The molecule has 9 heteroatoms. The van der Waals surface area contributed by atoms with Crippen LogP contribution >= 0.6 is 11.6 Å². The van der Waals surface area contributed by atoms with Gasteiger partial charge in [-0.2, -0.15) is 0 Å². The molecule has 0 radical (unpaired) electrons. The number of ketones is 1. The van der Waals surface area contributed by atoms with Gasteiger partial charge in [-0.15, -0.1) is 0 Å². The number of rotatable bonds is 7. The van der Waals surface area contributed by atoms with E-state index in [1.54, 1.807) is 12.1 Å². The van der Waals surface area contributed by atoms with Crippen LogP contribution in [0.3, 0.4) is 0 Å². The van der Waals surface area contributed by atoms with Gasteiger partial charge in [0, 0.05) is 12.1 Å². The highest BCUT2D eigenvalue weighted by Gasteiger charge is 2.20. The maximum Gasteiger partial charge on any atom is 0.340 e. The van der Waals surface area contributed by atoms with Crippen molar-refractivity contribution in [2.24, 2.45) is 0 Å². The largest absolute Gasteiger partial charge is 0.497 e. The van der Waals surface area contributed by atoms with E-state index >= 15 is 0 Å². The fourth-order valence-electron chi connectivity index (χ4n) is 2.10. The first-order valence-corrected chi connectivity index (χ1v) is 7.61. The van der Waals surface area contributed by atoms with E-state index in [-0.39, 0.29) is 21.8 Å². The first kappa shape index (κ1) is 19.2. The second kappa shape index (κ2) is 8.30. The standard InChI is InChI=1S/C17H14ClNO7/c1-24-11-4-6-16(25-2)13(8-11)15(20)9-26-17(21)12-7-10(19(22)23)3-5-14(12)18/h3-8H,9H2,1-2H3. The molecule has 0 aliphatic rings. The molecule has 0 atom stereocenters. The molecule has 26 heavy (non-hydrogen) atoms. The zero-order chi connectivity index (χ0) is 19.3. The van der Waals surface area contributed by atoms with Crippen molar-refractivity contribution in [3.05, 3.63) is 62.7 Å². The number of non-ortho nitro benzene ring substituents is 1. The topological polar surface area (TPSA) is 105 Å². The zero-order valence-electron chi connectivity index (χ0n) is 13.9. The van der Waals surface area contributed by atoms with Gasteiger partial charge < -0.3 is 14.2 Å². The molecule has 0 spiro atoms. The molecule has 8 nitrogen and oxygen atoms in total. The lowest BCUT2D eigenvalue weighted by atomic mass is 10.1. The highest BCUT2D eigenvalue weighted by Crippen LogP contribution is 2.25. The van der Waals surface area contributed by atoms with E-state index in [1.807, 2.05) is 0 Å². The lowest BCUT2D eigenvalue weighted by Crippen LogP contribution is -2.15. The fraction of sp³-hybridized carbons (Fsp3) is 0.176. The molecule has 136 valence electrons. The van der Waals surface area contributed by atoms with E-state index in [1.165, 1.54) is 26.4 Å². The number of ether oxygens (including phenoxy) is 3. The second-order valence-electron chi connectivity index (χ2n) is 4.99. The summed E-state index contributed by atoms with van der Waals surface area (Å²) < 4.78 is 15.1. The van der Waals surface area contributed by atoms with E-state index in [2.05, 4.69) is 0 Å². The number of benzene rings is 2. The minimum atomic E-state index is -0.950. The molecule has 0 unspecified atom stereocenters. The van der Waals surface area contributed by atoms with Crippen LogP contribution < -0.4 is 9.47 Å². The molecule has 0 aromatic heterocycles. The van der Waals surface area contributed by atoms with Crippen LogP contribution in [0.2, 0.25) is 5.02 Å². The smallest absolute Gasteiger partial charge is 0.340 e. The zero-order valence-corrected chi connectivity index (χ0v) is 14.6. The number of methoxy groups -OCH3 is 2. The predicted octanol–water partition coefficient (Wildman–Crippen LogP) is 3.31. The Hall–Kier alpha value is -3.13. The summed E-state index contributed by atoms with van der Waals surface area (Å²) in [6.07, 6.45) is 0. The number of hydrogen-bond acceptors (Lipinski definition) is 7. The summed E-state index contributed by atoms with van der Waals surface area (Å²) in [5.74, 6) is -0.757. The quantitative estimate of drug-likeness (QED) is 0.314. The summed E-state index contributed by atoms with van der Waals surface area (Å²) >= 11 is 5.87. The number of nitro groups is 1. The van der Waals surface area contributed by atoms with E-state index in [0.717, 1.165) is 12.1 Å². The summed E-state index contributed by atoms with van der Waals surface area (Å²) in [5.41, 5.74) is -0.349. The Morgan fingerprint density at radius 3 is 2.42 bits per heavy atom. The summed E-state index contributed by atoms with van der Waals surface area (Å²) in [7, 11) is 2.84. The van der Waals surface area contributed by atoms with Crippen LogP contribution in [-0.4, -0.2) is 37.5 Å². The molecule has 0 heterocycles. The maximum atomic E-state index is 12.3. The molecule has 0 amide bonds. The molecule has 0 fully saturated rings. The van der Waals surface area contributed by atoms with Crippen molar-refractivity contribution in [1.82, 2.24) is 0 Å². The second-order valence-corrected chi connectivity index (χ2v) is 5.39. The van der Waals surface area contributed by atoms with Crippen molar-refractivity contribution in [2.45, 2.75) is 0 Å². The van der Waals surface area contributed by atoms with Crippen molar-refractivity contribution in [3.63, 3.8) is 0 Å². The molecule has 0 saturated heterocycles. The lowest BCUT2D eigenvalue weighted by Gasteiger charge is -2.10. The van der Waals surface area contributed by atoms with Gasteiger partial charge in [-0.25, -0.2) is 4.79 Å². The molecule has 2 aromatic rings. The average molecular weight is 380 g/mol. The van der Waals surface area contributed by atoms with Gasteiger partial charge in [0.1, 0.15) is 11.5 Å². The van der Waals surface area contributed by atoms with E-state index in [9.17, 15) is 19.7 Å². The van der Waals surface area contributed by atoms with Crippen molar-refractivity contribution in [1.29, 1.82) is 0 Å². The minimum Gasteiger partial charge on any atom is -0.497 e. The Morgan fingerprint density at radius 1 is 1.08 bits per heavy atom. The molecular weight excluding hydrogens is 366 g/mol. The molecule has 2 rings (SSSR count). The SMILES string of the molecule is COc1ccc(OC)c(C(=O)COC(=O)c2cc([N+](=O)[O-])ccc2Cl)c1. The Bertz CT molecular complexity index is 866. The molecule has 0 N–H and O–H groups in total. The van der Waals surface area contributed by atoms with Crippen molar-refractivity contribution >= 4 is 29.0 Å². The van der Waals surface area contributed by atoms with Gasteiger partial charge in [0.05, 0.1) is 35.3 Å². The number of nitrogens with zero attached hydrogens (tertiary/aromatic N) is 1. The van der Waals surface area contributed by atoms with Crippen LogP contribution in [0.4, 0.5) is 5.69 Å². The van der Waals surface area contributed by atoms with Crippen LogP contribution in [0.15, 0.2) is 36.4 Å². The van der Waals surface area contributed by atoms with Crippen LogP contribution in [0, 0.1) is 10.1 Å². The van der Waals surface area contributed by atoms with Gasteiger partial charge >= 0.3 is 5.97 Å². The predicted molar refractivity (Wildman–Crippen MR) is 92.3 cm³/mol. The number of nitro benzene ring substituents is 1. The maximum absolute atomic E-state index is 12.3. The lowest BCUT2D eigenvalue weighted by molar-refractivity contribution is -0.384. The molecule has 2 aromatic carbocycles. The molecule has 0 saturated carbocycles. The number of Topliss-reactive ketones (excluding diaryl/α,β-unsaturated/α-hetero) is 1. The normalized spacial score (nSPS) is 10.1. The van der Waals surface area contributed by atoms with E-state index in [4.69, 9.17) is 25.8 Å². The van der Waals surface area contributed by atoms with E-state index < -0.39 is 23.3 Å². The van der Waals surface area contributed by atoms with Gasteiger partial charge in [-0.1, -0.05) is 11.6 Å². The Balaban J connectivity index is 2.16. The Kier molecular flexibility index (Phi) is 6.13. The third kappa shape index (κ3) is 4.28. The molecule has 0 aliphatic heterocycles. The van der Waals surface area contributed by atoms with E-state index in [0.29, 0.717) is 11.5 Å². The van der Waals surface area contributed by atoms with Crippen molar-refractivity contribution < 1.29 is 28.7 Å². The summed E-state index contributed by atoms with van der Waals surface area (Å²) in [6, 6.07) is 7.97. The fourth-order valence-corrected chi connectivity index (χ4v) is 2.30. The van der Waals surface area contributed by atoms with Crippen molar-refractivity contribution in [3.8, 4) is 11.5 Å². The third-order valence-corrected chi connectivity index (χ3v) is 3.75. The number of carbonyl (C=O) groups is 2. The molecule has 0 bridgehead atoms. The van der Waals surface area contributed by atoms with Gasteiger partial charge in [0.25, 0.3) is 5.69 Å². The van der Waals surface area contributed by atoms with Crippen LogP contribution in [-0.2, 0) is 4.74 Å². The van der Waals surface area contributed by atoms with Crippen molar-refractivity contribution in [2.75, 3.05) is 20.8 Å². The highest BCUT2D eigenvalue weighted by molar-refractivity contribution is 6.33. The van der Waals surface area contributed by atoms with Crippen LogP contribution in [0.1, 0.15) is 20.7 Å². The van der Waals surface area contributed by atoms with Gasteiger partial charge in [0.15, 0.2) is 6.61 Å². The number of halogens is 1. The molecule has 0 aliphatic carbocycles. The van der Waals surface area contributed by atoms with Crippen LogP contribution in [0.5, 0.6) is 11.5 Å². The summed E-state index contributed by atoms with van der Waals surface area (Å²) in [6.45, 7) is -0.596. The number of carbonyl (C=O) groups excluding carboxylic acids is 2. The first-order chi connectivity index (χ1) is 12.4. The number of esters is 1. The number of hydrogen-bond donors (Lipinski definition) is 0. The summed E-state index contributed by atoms with van der Waals surface area (Å²) in [5, 5.41) is 10.8. The monoisotopic (exact) mass is 379 g/mol. The summed E-state index contributed by atoms with van der Waals surface area (Å²) in [4.78, 5) is 34.6. The average Bonchev–Trinajstić information content (AvgIpc) is 2.65. The first-order valence-electron chi connectivity index (χ1n) is 7.23. The van der Waals surface area contributed by atoms with Crippen LogP contribution in [0.25, 0.3) is 0 Å². The highest BCUT2D eigenvalue weighted by atomic mass is 35.5. The third-order valence-electron chi connectivity index (χ3n) is 3.42. The minimum absolute atomic E-state index is 0.0213.